The molecule has 0 radical (unpaired) electrons. The highest BCUT2D eigenvalue weighted by Gasteiger charge is 2.31. The SMILES string of the molecule is CCN(c1nc(CN(C(=O)c2ccc(Cl)nc2)C2CCCCC2)cs1)C1CC1. The van der Waals surface area contributed by atoms with E-state index in [1.54, 1.807) is 29.7 Å². The number of carbonyl (C=O) groups excluding carboxylic acids is 1. The minimum atomic E-state index is 0.0279. The minimum absolute atomic E-state index is 0.0279. The first kappa shape index (κ1) is 19.6. The Labute approximate surface area is 175 Å². The van der Waals surface area contributed by atoms with Crippen LogP contribution in [0.1, 0.15) is 67.9 Å². The fourth-order valence-corrected chi connectivity index (χ4v) is 5.10. The Bertz CT molecular complexity index is 799. The van der Waals surface area contributed by atoms with Crippen molar-refractivity contribution in [3.8, 4) is 0 Å². The lowest BCUT2D eigenvalue weighted by atomic mass is 9.93. The number of amides is 1. The molecule has 0 atom stereocenters. The molecule has 5 nitrogen and oxygen atoms in total. The number of pyridine rings is 1. The maximum atomic E-state index is 13.3. The molecule has 0 aromatic carbocycles. The number of hydrogen-bond donors (Lipinski definition) is 0. The lowest BCUT2D eigenvalue weighted by Gasteiger charge is -2.34. The third-order valence-corrected chi connectivity index (χ3v) is 6.85. The third kappa shape index (κ3) is 4.49. The van der Waals surface area contributed by atoms with Crippen LogP contribution in [0.25, 0.3) is 0 Å². The monoisotopic (exact) mass is 418 g/mol. The van der Waals surface area contributed by atoms with Gasteiger partial charge in [-0.3, -0.25) is 4.79 Å². The molecule has 7 heteroatoms. The molecular weight excluding hydrogens is 392 g/mol. The zero-order valence-corrected chi connectivity index (χ0v) is 17.9. The van der Waals surface area contributed by atoms with Gasteiger partial charge in [0.1, 0.15) is 5.15 Å². The zero-order valence-electron chi connectivity index (χ0n) is 16.3. The van der Waals surface area contributed by atoms with E-state index in [0.29, 0.717) is 23.3 Å². The summed E-state index contributed by atoms with van der Waals surface area (Å²) in [5.74, 6) is 0.0279. The molecule has 1 amide bonds. The molecule has 0 N–H and O–H groups in total. The van der Waals surface area contributed by atoms with Crippen molar-refractivity contribution in [1.82, 2.24) is 14.9 Å². The van der Waals surface area contributed by atoms with Crippen LogP contribution in [0.3, 0.4) is 0 Å². The number of anilines is 1. The van der Waals surface area contributed by atoms with Crippen molar-refractivity contribution in [2.75, 3.05) is 11.4 Å². The Morgan fingerprint density at radius 3 is 2.61 bits per heavy atom. The summed E-state index contributed by atoms with van der Waals surface area (Å²) >= 11 is 7.60. The quantitative estimate of drug-likeness (QED) is 0.583. The highest BCUT2D eigenvalue weighted by Crippen LogP contribution is 2.34. The molecule has 2 saturated carbocycles. The predicted octanol–water partition coefficient (Wildman–Crippen LogP) is 5.16. The first-order chi connectivity index (χ1) is 13.7. The van der Waals surface area contributed by atoms with Gasteiger partial charge in [-0.25, -0.2) is 9.97 Å². The van der Waals surface area contributed by atoms with E-state index in [2.05, 4.69) is 22.2 Å². The van der Waals surface area contributed by atoms with Gasteiger partial charge in [0, 0.05) is 30.2 Å². The molecule has 2 heterocycles. The van der Waals surface area contributed by atoms with E-state index >= 15 is 0 Å². The molecule has 0 spiro atoms. The largest absolute Gasteiger partial charge is 0.345 e. The Morgan fingerprint density at radius 1 is 1.18 bits per heavy atom. The second kappa shape index (κ2) is 8.78. The van der Waals surface area contributed by atoms with Crippen LogP contribution in [0.5, 0.6) is 0 Å². The van der Waals surface area contributed by atoms with Gasteiger partial charge in [0.2, 0.25) is 0 Å². The standard InChI is InChI=1S/C21H27ClN4OS/c1-2-25(18-9-10-18)21-24-16(14-28-21)13-26(17-6-4-3-5-7-17)20(27)15-8-11-19(22)23-12-15/h8,11-12,14,17-18H,2-7,9-10,13H2,1H3. The first-order valence-electron chi connectivity index (χ1n) is 10.3. The zero-order chi connectivity index (χ0) is 19.5. The molecule has 28 heavy (non-hydrogen) atoms. The van der Waals surface area contributed by atoms with Crippen LogP contribution in [0, 0.1) is 0 Å². The van der Waals surface area contributed by atoms with Crippen molar-refractivity contribution in [1.29, 1.82) is 0 Å². The maximum Gasteiger partial charge on any atom is 0.256 e. The lowest BCUT2D eigenvalue weighted by molar-refractivity contribution is 0.0611. The molecule has 2 aliphatic carbocycles. The van der Waals surface area contributed by atoms with E-state index in [4.69, 9.17) is 16.6 Å². The van der Waals surface area contributed by atoms with Crippen molar-refractivity contribution in [3.05, 3.63) is 40.1 Å². The Hall–Kier alpha value is -1.66. The van der Waals surface area contributed by atoms with Crippen molar-refractivity contribution in [2.45, 2.75) is 70.5 Å². The molecule has 0 saturated heterocycles. The maximum absolute atomic E-state index is 13.3. The molecule has 0 aliphatic heterocycles. The summed E-state index contributed by atoms with van der Waals surface area (Å²) < 4.78 is 0. The number of thiazole rings is 1. The van der Waals surface area contributed by atoms with Crippen molar-refractivity contribution >= 4 is 34.0 Å². The van der Waals surface area contributed by atoms with Gasteiger partial charge in [-0.2, -0.15) is 0 Å². The summed E-state index contributed by atoms with van der Waals surface area (Å²) in [6.07, 6.45) is 9.85. The van der Waals surface area contributed by atoms with E-state index in [1.807, 2.05) is 4.90 Å². The van der Waals surface area contributed by atoms with Crippen LogP contribution in [-0.2, 0) is 6.54 Å². The van der Waals surface area contributed by atoms with Crippen molar-refractivity contribution < 1.29 is 4.79 Å². The number of aromatic nitrogens is 2. The van der Waals surface area contributed by atoms with E-state index in [-0.39, 0.29) is 11.9 Å². The highest BCUT2D eigenvalue weighted by molar-refractivity contribution is 7.13. The van der Waals surface area contributed by atoms with Gasteiger partial charge in [-0.15, -0.1) is 11.3 Å². The topological polar surface area (TPSA) is 49.3 Å². The Morgan fingerprint density at radius 2 is 1.96 bits per heavy atom. The van der Waals surface area contributed by atoms with Crippen LogP contribution in [0.2, 0.25) is 5.15 Å². The molecule has 0 unspecified atom stereocenters. The Balaban J connectivity index is 1.54. The van der Waals surface area contributed by atoms with Gasteiger partial charge in [0.05, 0.1) is 17.8 Å². The summed E-state index contributed by atoms with van der Waals surface area (Å²) in [5.41, 5.74) is 1.58. The molecule has 4 rings (SSSR count). The molecule has 2 aromatic heterocycles. The van der Waals surface area contributed by atoms with Crippen molar-refractivity contribution in [2.24, 2.45) is 0 Å². The predicted molar refractivity (Wildman–Crippen MR) is 114 cm³/mol. The number of nitrogens with zero attached hydrogens (tertiary/aromatic N) is 4. The third-order valence-electron chi connectivity index (χ3n) is 5.70. The fourth-order valence-electron chi connectivity index (χ4n) is 4.04. The Kier molecular flexibility index (Phi) is 6.16. The average molecular weight is 419 g/mol. The molecular formula is C21H27ClN4OS. The molecule has 2 aliphatic rings. The van der Waals surface area contributed by atoms with E-state index < -0.39 is 0 Å². The van der Waals surface area contributed by atoms with E-state index in [1.165, 1.54) is 32.1 Å². The number of hydrogen-bond acceptors (Lipinski definition) is 5. The van der Waals surface area contributed by atoms with Gasteiger partial charge in [-0.05, 0) is 44.7 Å². The van der Waals surface area contributed by atoms with Crippen LogP contribution in [0.15, 0.2) is 23.7 Å². The lowest BCUT2D eigenvalue weighted by Crippen LogP contribution is -2.41. The van der Waals surface area contributed by atoms with Crippen LogP contribution < -0.4 is 4.90 Å². The summed E-state index contributed by atoms with van der Waals surface area (Å²) in [6, 6.07) is 4.38. The summed E-state index contributed by atoms with van der Waals surface area (Å²) in [6.45, 7) is 3.73. The van der Waals surface area contributed by atoms with Gasteiger partial charge in [-0.1, -0.05) is 30.9 Å². The van der Waals surface area contributed by atoms with Gasteiger partial charge < -0.3 is 9.80 Å². The molecule has 0 bridgehead atoms. The van der Waals surface area contributed by atoms with Crippen molar-refractivity contribution in [3.63, 3.8) is 0 Å². The second-order valence-electron chi connectivity index (χ2n) is 7.73. The van der Waals surface area contributed by atoms with Crippen LogP contribution >= 0.6 is 22.9 Å². The summed E-state index contributed by atoms with van der Waals surface area (Å²) in [5, 5.41) is 3.61. The van der Waals surface area contributed by atoms with Gasteiger partial charge in [0.25, 0.3) is 5.91 Å². The summed E-state index contributed by atoms with van der Waals surface area (Å²) in [7, 11) is 0. The van der Waals surface area contributed by atoms with Crippen LogP contribution in [-0.4, -0.2) is 39.4 Å². The smallest absolute Gasteiger partial charge is 0.256 e. The number of halogens is 1. The van der Waals surface area contributed by atoms with E-state index in [0.717, 1.165) is 30.2 Å². The van der Waals surface area contributed by atoms with Gasteiger partial charge >= 0.3 is 0 Å². The molecule has 150 valence electrons. The normalized spacial score (nSPS) is 17.5. The molecule has 2 aromatic rings. The number of carbonyl (C=O) groups is 1. The summed E-state index contributed by atoms with van der Waals surface area (Å²) in [4.78, 5) is 26.7. The highest BCUT2D eigenvalue weighted by atomic mass is 35.5. The average Bonchev–Trinajstić information content (AvgIpc) is 3.45. The van der Waals surface area contributed by atoms with E-state index in [9.17, 15) is 4.79 Å². The van der Waals surface area contributed by atoms with Gasteiger partial charge in [0.15, 0.2) is 5.13 Å². The number of rotatable bonds is 7. The molecule has 2 fully saturated rings. The minimum Gasteiger partial charge on any atom is -0.345 e. The fraction of sp³-hybridized carbons (Fsp3) is 0.571. The second-order valence-corrected chi connectivity index (χ2v) is 8.96. The van der Waals surface area contributed by atoms with Crippen LogP contribution in [0.4, 0.5) is 5.13 Å². The first-order valence-corrected chi connectivity index (χ1v) is 11.5.